The van der Waals surface area contributed by atoms with E-state index in [0.717, 1.165) is 32.1 Å². The number of sulfonamides is 1. The van der Waals surface area contributed by atoms with Crippen molar-refractivity contribution in [3.05, 3.63) is 0 Å². The highest BCUT2D eigenvalue weighted by molar-refractivity contribution is 7.89. The first-order valence-corrected chi connectivity index (χ1v) is 8.33. The normalized spacial score (nSPS) is 19.6. The van der Waals surface area contributed by atoms with Crippen LogP contribution in [0.5, 0.6) is 0 Å². The quantitative estimate of drug-likeness (QED) is 0.717. The zero-order valence-corrected chi connectivity index (χ0v) is 12.3. The zero-order valence-electron chi connectivity index (χ0n) is 11.5. The van der Waals surface area contributed by atoms with E-state index < -0.39 is 10.0 Å². The highest BCUT2D eigenvalue weighted by Crippen LogP contribution is 2.36. The Balaban J connectivity index is 2.93. The Bertz CT molecular complexity index is 337. The van der Waals surface area contributed by atoms with Gasteiger partial charge in [0.05, 0.1) is 12.4 Å². The van der Waals surface area contributed by atoms with Gasteiger partial charge in [-0.3, -0.25) is 0 Å². The number of nitrogens with two attached hydrogens (primary N) is 1. The Morgan fingerprint density at radius 3 is 2.39 bits per heavy atom. The average Bonchev–Trinajstić information content (AvgIpc) is 2.83. The lowest BCUT2D eigenvalue weighted by atomic mass is 9.98. The van der Waals surface area contributed by atoms with Gasteiger partial charge >= 0.3 is 0 Å². The predicted molar refractivity (Wildman–Crippen MR) is 72.9 cm³/mol. The van der Waals surface area contributed by atoms with Crippen LogP contribution < -0.4 is 5.73 Å². The molecule has 0 amide bonds. The Morgan fingerprint density at radius 2 is 1.94 bits per heavy atom. The molecule has 0 saturated heterocycles. The van der Waals surface area contributed by atoms with Crippen LogP contribution in [-0.2, 0) is 14.8 Å². The third kappa shape index (κ3) is 3.44. The molecule has 0 bridgehead atoms. The molecule has 0 unspecified atom stereocenters. The van der Waals surface area contributed by atoms with Crippen LogP contribution in [0.3, 0.4) is 0 Å². The molecular formula is C12H26N2O3S. The molecule has 1 fully saturated rings. The Labute approximate surface area is 111 Å². The standard InChI is InChI=1S/C12H26N2O3S/c1-3-8-14(18(15,16)10-9-17-2)12(11-13)6-4-5-7-12/h3-11,13H2,1-2H3. The molecule has 5 nitrogen and oxygen atoms in total. The van der Waals surface area contributed by atoms with Gasteiger partial charge in [-0.05, 0) is 19.3 Å². The summed E-state index contributed by atoms with van der Waals surface area (Å²) < 4.78 is 31.4. The van der Waals surface area contributed by atoms with Crippen molar-refractivity contribution in [2.45, 2.75) is 44.6 Å². The molecule has 1 aliphatic carbocycles. The summed E-state index contributed by atoms with van der Waals surface area (Å²) in [4.78, 5) is 0. The van der Waals surface area contributed by atoms with E-state index in [1.807, 2.05) is 6.92 Å². The molecule has 0 aliphatic heterocycles. The van der Waals surface area contributed by atoms with Crippen molar-refractivity contribution < 1.29 is 13.2 Å². The third-order valence-corrected chi connectivity index (χ3v) is 5.68. The van der Waals surface area contributed by atoms with Crippen LogP contribution >= 0.6 is 0 Å². The van der Waals surface area contributed by atoms with Crippen molar-refractivity contribution in [3.63, 3.8) is 0 Å². The van der Waals surface area contributed by atoms with Gasteiger partial charge in [-0.2, -0.15) is 4.31 Å². The fourth-order valence-corrected chi connectivity index (χ4v) is 4.67. The van der Waals surface area contributed by atoms with Gasteiger partial charge in [0.25, 0.3) is 0 Å². The Hall–Kier alpha value is -0.170. The van der Waals surface area contributed by atoms with Crippen molar-refractivity contribution in [1.82, 2.24) is 4.31 Å². The van der Waals surface area contributed by atoms with Crippen molar-refractivity contribution in [2.75, 3.05) is 32.6 Å². The van der Waals surface area contributed by atoms with Crippen molar-refractivity contribution in [2.24, 2.45) is 5.73 Å². The number of ether oxygens (including phenoxy) is 1. The molecule has 0 radical (unpaired) electrons. The number of rotatable bonds is 8. The lowest BCUT2D eigenvalue weighted by Crippen LogP contribution is -2.55. The van der Waals surface area contributed by atoms with Crippen LogP contribution in [0.4, 0.5) is 0 Å². The summed E-state index contributed by atoms with van der Waals surface area (Å²) >= 11 is 0. The largest absolute Gasteiger partial charge is 0.384 e. The van der Waals surface area contributed by atoms with E-state index in [4.69, 9.17) is 10.5 Å². The first kappa shape index (κ1) is 15.9. The van der Waals surface area contributed by atoms with Crippen molar-refractivity contribution in [3.8, 4) is 0 Å². The number of hydrogen-bond donors (Lipinski definition) is 1. The molecule has 0 atom stereocenters. The van der Waals surface area contributed by atoms with E-state index in [2.05, 4.69) is 0 Å². The summed E-state index contributed by atoms with van der Waals surface area (Å²) in [7, 11) is -1.75. The Morgan fingerprint density at radius 1 is 1.33 bits per heavy atom. The molecule has 0 heterocycles. The third-order valence-electron chi connectivity index (χ3n) is 3.75. The minimum absolute atomic E-state index is 0.0469. The maximum absolute atomic E-state index is 12.4. The summed E-state index contributed by atoms with van der Waals surface area (Å²) in [5.41, 5.74) is 5.54. The van der Waals surface area contributed by atoms with Gasteiger partial charge in [0.15, 0.2) is 0 Å². The monoisotopic (exact) mass is 278 g/mol. The minimum atomic E-state index is -3.27. The molecule has 18 heavy (non-hydrogen) atoms. The summed E-state index contributed by atoms with van der Waals surface area (Å²) in [6.07, 6.45) is 4.72. The van der Waals surface area contributed by atoms with Gasteiger partial charge in [-0.25, -0.2) is 8.42 Å². The lowest BCUT2D eigenvalue weighted by Gasteiger charge is -2.39. The smallest absolute Gasteiger partial charge is 0.216 e. The maximum atomic E-state index is 12.4. The second-order valence-corrected chi connectivity index (χ2v) is 7.03. The highest BCUT2D eigenvalue weighted by Gasteiger charge is 2.43. The highest BCUT2D eigenvalue weighted by atomic mass is 32.2. The molecule has 1 rings (SSSR count). The summed E-state index contributed by atoms with van der Waals surface area (Å²) in [5, 5.41) is 0. The first-order valence-electron chi connectivity index (χ1n) is 6.72. The van der Waals surface area contributed by atoms with Crippen LogP contribution in [0.1, 0.15) is 39.0 Å². The molecule has 0 aromatic rings. The Kier molecular flexibility index (Phi) is 6.04. The molecule has 0 aromatic carbocycles. The fourth-order valence-electron chi connectivity index (χ4n) is 2.76. The van der Waals surface area contributed by atoms with Gasteiger partial charge in [0, 0.05) is 25.7 Å². The summed E-state index contributed by atoms with van der Waals surface area (Å²) in [6.45, 7) is 3.21. The van der Waals surface area contributed by atoms with E-state index >= 15 is 0 Å². The summed E-state index contributed by atoms with van der Waals surface area (Å²) in [5.74, 6) is 0.0469. The van der Waals surface area contributed by atoms with Gasteiger partial charge in [0.2, 0.25) is 10.0 Å². The van der Waals surface area contributed by atoms with Gasteiger partial charge in [-0.1, -0.05) is 19.8 Å². The molecule has 0 aromatic heterocycles. The van der Waals surface area contributed by atoms with Gasteiger partial charge < -0.3 is 10.5 Å². The SMILES string of the molecule is CCCN(C1(CN)CCCC1)S(=O)(=O)CCOC. The van der Waals surface area contributed by atoms with E-state index in [9.17, 15) is 8.42 Å². The number of nitrogens with zero attached hydrogens (tertiary/aromatic N) is 1. The van der Waals surface area contributed by atoms with Crippen molar-refractivity contribution in [1.29, 1.82) is 0 Å². The first-order chi connectivity index (χ1) is 8.52. The van der Waals surface area contributed by atoms with E-state index in [1.165, 1.54) is 7.11 Å². The van der Waals surface area contributed by atoms with Crippen LogP contribution in [0.25, 0.3) is 0 Å². The molecule has 1 aliphatic rings. The second-order valence-electron chi connectivity index (χ2n) is 5.02. The molecule has 1 saturated carbocycles. The fraction of sp³-hybridized carbons (Fsp3) is 1.00. The van der Waals surface area contributed by atoms with Gasteiger partial charge in [0.1, 0.15) is 0 Å². The molecule has 0 spiro atoms. The van der Waals surface area contributed by atoms with Gasteiger partial charge in [-0.15, -0.1) is 0 Å². The van der Waals surface area contributed by atoms with Crippen LogP contribution in [0.2, 0.25) is 0 Å². The number of hydrogen-bond acceptors (Lipinski definition) is 4. The molecular weight excluding hydrogens is 252 g/mol. The second kappa shape index (κ2) is 6.84. The van der Waals surface area contributed by atoms with Crippen molar-refractivity contribution >= 4 is 10.0 Å². The maximum Gasteiger partial charge on any atom is 0.216 e. The average molecular weight is 278 g/mol. The summed E-state index contributed by atoms with van der Waals surface area (Å²) in [6, 6.07) is 0. The predicted octanol–water partition coefficient (Wildman–Crippen LogP) is 0.946. The van der Waals surface area contributed by atoms with E-state index in [0.29, 0.717) is 13.1 Å². The molecule has 108 valence electrons. The number of methoxy groups -OCH3 is 1. The van der Waals surface area contributed by atoms with Crippen LogP contribution in [-0.4, -0.2) is 50.8 Å². The van der Waals surface area contributed by atoms with Crippen LogP contribution in [0.15, 0.2) is 0 Å². The molecule has 2 N–H and O–H groups in total. The van der Waals surface area contributed by atoms with E-state index in [-0.39, 0.29) is 17.9 Å². The van der Waals surface area contributed by atoms with Crippen LogP contribution in [0, 0.1) is 0 Å². The molecule has 6 heteroatoms. The topological polar surface area (TPSA) is 72.6 Å². The van der Waals surface area contributed by atoms with E-state index in [1.54, 1.807) is 4.31 Å². The lowest BCUT2D eigenvalue weighted by molar-refractivity contribution is 0.188. The zero-order chi connectivity index (χ0) is 13.6. The minimum Gasteiger partial charge on any atom is -0.384 e.